The van der Waals surface area contributed by atoms with Crippen LogP contribution in [0.1, 0.15) is 32.6 Å². The molecule has 23 heavy (non-hydrogen) atoms. The summed E-state index contributed by atoms with van der Waals surface area (Å²) in [5.74, 6) is -1.36. The third-order valence-electron chi connectivity index (χ3n) is 3.82. The van der Waals surface area contributed by atoms with Crippen LogP contribution in [-0.2, 0) is 19.6 Å². The van der Waals surface area contributed by atoms with Crippen molar-refractivity contribution in [3.8, 4) is 0 Å². The molecule has 1 aromatic carbocycles. The fourth-order valence-corrected chi connectivity index (χ4v) is 3.70. The van der Waals surface area contributed by atoms with Crippen molar-refractivity contribution in [1.82, 2.24) is 9.62 Å². The molecule has 1 aliphatic rings. The Labute approximate surface area is 134 Å². The van der Waals surface area contributed by atoms with Gasteiger partial charge in [0.1, 0.15) is 5.82 Å². The van der Waals surface area contributed by atoms with E-state index in [1.165, 1.54) is 6.92 Å². The summed E-state index contributed by atoms with van der Waals surface area (Å²) in [5, 5.41) is 0. The number of hydrogen-bond acceptors (Lipinski definition) is 4. The Bertz CT molecular complexity index is 688. The highest BCUT2D eigenvalue weighted by atomic mass is 32.2. The first-order valence-corrected chi connectivity index (χ1v) is 8.86. The number of carbonyl (C=O) groups excluding carboxylic acids is 2. The molecule has 2 rings (SSSR count). The standard InChI is InChI=1S/C15H19FN2O4S/c1-11(19)18-9-3-2-4-13(18)10-15(20)17-23(21,22)14-7-5-12(16)6-8-14/h5-8,13H,2-4,9-10H2,1H3,(H,17,20)/t13-/m1/s1. The number of rotatable bonds is 4. The highest BCUT2D eigenvalue weighted by molar-refractivity contribution is 7.90. The topological polar surface area (TPSA) is 83.6 Å². The molecule has 0 saturated carbocycles. The maximum Gasteiger partial charge on any atom is 0.264 e. The van der Waals surface area contributed by atoms with Crippen LogP contribution in [0, 0.1) is 5.82 Å². The molecule has 1 atom stereocenters. The average Bonchev–Trinajstić information content (AvgIpc) is 2.47. The molecule has 8 heteroatoms. The number of benzene rings is 1. The second-order valence-corrected chi connectivity index (χ2v) is 7.23. The lowest BCUT2D eigenvalue weighted by atomic mass is 9.99. The zero-order valence-corrected chi connectivity index (χ0v) is 13.6. The Balaban J connectivity index is 2.03. The van der Waals surface area contributed by atoms with Crippen LogP contribution in [0.15, 0.2) is 29.2 Å². The van der Waals surface area contributed by atoms with E-state index in [1.54, 1.807) is 4.90 Å². The Morgan fingerprint density at radius 2 is 1.91 bits per heavy atom. The van der Waals surface area contributed by atoms with Gasteiger partial charge in [-0.25, -0.2) is 17.5 Å². The lowest BCUT2D eigenvalue weighted by Crippen LogP contribution is -2.45. The number of carbonyl (C=O) groups is 2. The molecule has 1 saturated heterocycles. The largest absolute Gasteiger partial charge is 0.339 e. The molecule has 126 valence electrons. The number of nitrogens with zero attached hydrogens (tertiary/aromatic N) is 1. The molecular formula is C15H19FN2O4S. The summed E-state index contributed by atoms with van der Waals surface area (Å²) < 4.78 is 39.0. The van der Waals surface area contributed by atoms with E-state index >= 15 is 0 Å². The summed E-state index contributed by atoms with van der Waals surface area (Å²) in [7, 11) is -4.03. The lowest BCUT2D eigenvalue weighted by molar-refractivity contribution is -0.133. The van der Waals surface area contributed by atoms with Crippen LogP contribution in [0.2, 0.25) is 0 Å². The molecule has 0 aromatic heterocycles. The van der Waals surface area contributed by atoms with Gasteiger partial charge < -0.3 is 4.90 Å². The highest BCUT2D eigenvalue weighted by Gasteiger charge is 2.28. The summed E-state index contributed by atoms with van der Waals surface area (Å²) in [6.45, 7) is 2.02. The van der Waals surface area contributed by atoms with Crippen LogP contribution >= 0.6 is 0 Å². The van der Waals surface area contributed by atoms with E-state index in [-0.39, 0.29) is 23.3 Å². The van der Waals surface area contributed by atoms with E-state index in [4.69, 9.17) is 0 Å². The molecule has 0 bridgehead atoms. The van der Waals surface area contributed by atoms with Crippen molar-refractivity contribution in [2.24, 2.45) is 0 Å². The van der Waals surface area contributed by atoms with Crippen molar-refractivity contribution in [3.05, 3.63) is 30.1 Å². The fraction of sp³-hybridized carbons (Fsp3) is 0.467. The van der Waals surface area contributed by atoms with Crippen LogP contribution in [-0.4, -0.2) is 37.7 Å². The lowest BCUT2D eigenvalue weighted by Gasteiger charge is -2.34. The van der Waals surface area contributed by atoms with Gasteiger partial charge in [0.25, 0.3) is 10.0 Å². The molecule has 1 heterocycles. The van der Waals surface area contributed by atoms with Gasteiger partial charge in [0.2, 0.25) is 11.8 Å². The van der Waals surface area contributed by atoms with Gasteiger partial charge in [0.05, 0.1) is 4.90 Å². The maximum atomic E-state index is 12.8. The van der Waals surface area contributed by atoms with Gasteiger partial charge in [0, 0.05) is 25.9 Å². The molecule has 1 aromatic rings. The third-order valence-corrected chi connectivity index (χ3v) is 5.21. The highest BCUT2D eigenvalue weighted by Crippen LogP contribution is 2.20. The number of nitrogens with one attached hydrogen (secondary N) is 1. The number of sulfonamides is 1. The predicted molar refractivity (Wildman–Crippen MR) is 81.4 cm³/mol. The normalized spacial score (nSPS) is 18.5. The minimum atomic E-state index is -4.03. The molecule has 1 fully saturated rings. The van der Waals surface area contributed by atoms with Gasteiger partial charge in [-0.15, -0.1) is 0 Å². The van der Waals surface area contributed by atoms with Crippen molar-refractivity contribution >= 4 is 21.8 Å². The van der Waals surface area contributed by atoms with Crippen LogP contribution in [0.5, 0.6) is 0 Å². The maximum absolute atomic E-state index is 12.8. The summed E-state index contributed by atoms with van der Waals surface area (Å²) in [4.78, 5) is 25.0. The molecular weight excluding hydrogens is 323 g/mol. The molecule has 1 N–H and O–H groups in total. The molecule has 0 radical (unpaired) electrons. The zero-order chi connectivity index (χ0) is 17.0. The van der Waals surface area contributed by atoms with Gasteiger partial charge in [-0.2, -0.15) is 0 Å². The van der Waals surface area contributed by atoms with Crippen molar-refractivity contribution in [2.75, 3.05) is 6.54 Å². The number of halogens is 1. The van der Waals surface area contributed by atoms with Crippen molar-refractivity contribution in [1.29, 1.82) is 0 Å². The summed E-state index contributed by atoms with van der Waals surface area (Å²) in [6, 6.07) is 3.92. The van der Waals surface area contributed by atoms with E-state index in [2.05, 4.69) is 0 Å². The molecule has 2 amide bonds. The Hall–Kier alpha value is -1.96. The summed E-state index contributed by atoms with van der Waals surface area (Å²) >= 11 is 0. The van der Waals surface area contributed by atoms with E-state index in [0.717, 1.165) is 37.1 Å². The van der Waals surface area contributed by atoms with Gasteiger partial charge in [-0.1, -0.05) is 0 Å². The number of amides is 2. The predicted octanol–water partition coefficient (Wildman–Crippen LogP) is 1.42. The Morgan fingerprint density at radius 1 is 1.26 bits per heavy atom. The van der Waals surface area contributed by atoms with Crippen LogP contribution < -0.4 is 4.72 Å². The molecule has 6 nitrogen and oxygen atoms in total. The SMILES string of the molecule is CC(=O)N1CCCC[C@@H]1CC(=O)NS(=O)(=O)c1ccc(F)cc1. The van der Waals surface area contributed by atoms with Crippen LogP contribution in [0.4, 0.5) is 4.39 Å². The molecule has 1 aliphatic heterocycles. The summed E-state index contributed by atoms with van der Waals surface area (Å²) in [5.41, 5.74) is 0. The van der Waals surface area contributed by atoms with Crippen LogP contribution in [0.25, 0.3) is 0 Å². The monoisotopic (exact) mass is 342 g/mol. The van der Waals surface area contributed by atoms with Crippen LogP contribution in [0.3, 0.4) is 0 Å². The summed E-state index contributed by atoms with van der Waals surface area (Å²) in [6.07, 6.45) is 2.38. The van der Waals surface area contributed by atoms with E-state index in [0.29, 0.717) is 13.0 Å². The number of piperidine rings is 1. The second kappa shape index (κ2) is 7.08. The number of likely N-dealkylation sites (tertiary alicyclic amines) is 1. The Morgan fingerprint density at radius 3 is 2.52 bits per heavy atom. The minimum Gasteiger partial charge on any atom is -0.339 e. The Kier molecular flexibility index (Phi) is 5.35. The third kappa shape index (κ3) is 4.51. The first-order chi connectivity index (χ1) is 10.8. The zero-order valence-electron chi connectivity index (χ0n) is 12.8. The van der Waals surface area contributed by atoms with Gasteiger partial charge in [-0.3, -0.25) is 9.59 Å². The molecule has 0 unspecified atom stereocenters. The first-order valence-electron chi connectivity index (χ1n) is 7.38. The fourth-order valence-electron chi connectivity index (χ4n) is 2.71. The smallest absolute Gasteiger partial charge is 0.264 e. The van der Waals surface area contributed by atoms with Gasteiger partial charge in [-0.05, 0) is 43.5 Å². The van der Waals surface area contributed by atoms with E-state index < -0.39 is 21.7 Å². The van der Waals surface area contributed by atoms with Gasteiger partial charge in [0.15, 0.2) is 0 Å². The second-order valence-electron chi connectivity index (χ2n) is 5.55. The quantitative estimate of drug-likeness (QED) is 0.897. The molecule has 0 aliphatic carbocycles. The van der Waals surface area contributed by atoms with Crippen molar-refractivity contribution in [2.45, 2.75) is 43.5 Å². The van der Waals surface area contributed by atoms with Crippen molar-refractivity contribution in [3.63, 3.8) is 0 Å². The van der Waals surface area contributed by atoms with E-state index in [1.807, 2.05) is 4.72 Å². The minimum absolute atomic E-state index is 0.0694. The average molecular weight is 342 g/mol. The van der Waals surface area contributed by atoms with Crippen molar-refractivity contribution < 1.29 is 22.4 Å². The van der Waals surface area contributed by atoms with E-state index in [9.17, 15) is 22.4 Å². The number of hydrogen-bond donors (Lipinski definition) is 1. The van der Waals surface area contributed by atoms with Gasteiger partial charge >= 0.3 is 0 Å². The molecule has 0 spiro atoms. The first kappa shape index (κ1) is 17.4.